The zero-order valence-corrected chi connectivity index (χ0v) is 17.4. The largest absolute Gasteiger partial charge is 0.487 e. The molecule has 0 atom stereocenters. The molecule has 0 radical (unpaired) electrons. The van der Waals surface area contributed by atoms with Gasteiger partial charge in [-0.15, -0.1) is 0 Å². The lowest BCUT2D eigenvalue weighted by Crippen LogP contribution is -2.09. The normalized spacial score (nSPS) is 11.5. The van der Waals surface area contributed by atoms with Crippen LogP contribution in [0.3, 0.4) is 0 Å². The first-order chi connectivity index (χ1) is 14.8. The lowest BCUT2D eigenvalue weighted by molar-refractivity contribution is -0.141. The van der Waals surface area contributed by atoms with Crippen molar-refractivity contribution in [2.45, 2.75) is 12.8 Å². The molecule has 158 valence electrons. The second-order valence-corrected chi connectivity index (χ2v) is 7.49. The van der Waals surface area contributed by atoms with Crippen molar-refractivity contribution in [1.29, 1.82) is 0 Å². The number of halogens is 5. The lowest BCUT2D eigenvalue weighted by Gasteiger charge is -2.12. The molecule has 0 spiro atoms. The van der Waals surface area contributed by atoms with Gasteiger partial charge in [0.1, 0.15) is 18.0 Å². The fourth-order valence-corrected chi connectivity index (χ4v) is 3.64. The number of benzene rings is 3. The van der Waals surface area contributed by atoms with Crippen molar-refractivity contribution in [2.75, 3.05) is 0 Å². The number of para-hydroxylation sites is 1. The van der Waals surface area contributed by atoms with E-state index in [0.717, 1.165) is 21.9 Å². The summed E-state index contributed by atoms with van der Waals surface area (Å²) >= 11 is 12.4. The van der Waals surface area contributed by atoms with E-state index in [1.165, 1.54) is 12.1 Å². The first-order valence-electron chi connectivity index (χ1n) is 9.22. The third kappa shape index (κ3) is 4.70. The summed E-state index contributed by atoms with van der Waals surface area (Å²) in [6.45, 7) is -0.157. The molecule has 0 saturated carbocycles. The Kier molecular flexibility index (Phi) is 5.94. The number of alkyl halides is 3. The molecule has 0 bridgehead atoms. The molecule has 0 aliphatic rings. The molecular formula is C23H15Cl2F3N2O. The van der Waals surface area contributed by atoms with Crippen molar-refractivity contribution in [2.24, 2.45) is 0 Å². The highest BCUT2D eigenvalue weighted by atomic mass is 35.5. The molecule has 0 aliphatic carbocycles. The summed E-state index contributed by atoms with van der Waals surface area (Å²) in [6, 6.07) is 22.7. The van der Waals surface area contributed by atoms with Gasteiger partial charge in [0.2, 0.25) is 0 Å². The van der Waals surface area contributed by atoms with E-state index < -0.39 is 11.9 Å². The average molecular weight is 463 g/mol. The zero-order valence-electron chi connectivity index (χ0n) is 15.9. The van der Waals surface area contributed by atoms with E-state index in [4.69, 9.17) is 27.9 Å². The number of nitrogens with zero attached hydrogens (tertiary/aromatic N) is 2. The van der Waals surface area contributed by atoms with Gasteiger partial charge in [0.25, 0.3) is 0 Å². The smallest absolute Gasteiger partial charge is 0.435 e. The Morgan fingerprint density at radius 3 is 2.03 bits per heavy atom. The molecule has 0 aliphatic heterocycles. The fourth-order valence-electron chi connectivity index (χ4n) is 3.08. The first kappa shape index (κ1) is 21.3. The molecule has 0 saturated heterocycles. The third-order valence-corrected chi connectivity index (χ3v) is 5.18. The van der Waals surface area contributed by atoms with Crippen LogP contribution in [0.2, 0.25) is 10.0 Å². The summed E-state index contributed by atoms with van der Waals surface area (Å²) in [6.07, 6.45) is -4.62. The van der Waals surface area contributed by atoms with Gasteiger partial charge in [0.15, 0.2) is 5.69 Å². The molecule has 1 heterocycles. The Morgan fingerprint density at radius 2 is 1.42 bits per heavy atom. The summed E-state index contributed by atoms with van der Waals surface area (Å²) in [5, 5.41) is 4.04. The van der Waals surface area contributed by atoms with Crippen molar-refractivity contribution in [3.05, 3.63) is 100 Å². The highest BCUT2D eigenvalue weighted by Gasteiger charge is 2.35. The van der Waals surface area contributed by atoms with Crippen LogP contribution in [0.1, 0.15) is 11.4 Å². The summed E-state index contributed by atoms with van der Waals surface area (Å²) in [5.74, 6) is 0.506. The molecule has 3 nitrogen and oxygen atoms in total. The van der Waals surface area contributed by atoms with Gasteiger partial charge in [0, 0.05) is 0 Å². The van der Waals surface area contributed by atoms with Crippen molar-refractivity contribution in [1.82, 2.24) is 9.78 Å². The van der Waals surface area contributed by atoms with Crippen LogP contribution in [0, 0.1) is 0 Å². The number of rotatable bonds is 5. The van der Waals surface area contributed by atoms with Gasteiger partial charge in [-0.1, -0.05) is 71.7 Å². The quantitative estimate of drug-likeness (QED) is 0.308. The van der Waals surface area contributed by atoms with E-state index in [1.807, 2.05) is 42.5 Å². The van der Waals surface area contributed by atoms with E-state index in [-0.39, 0.29) is 28.0 Å². The molecule has 8 heteroatoms. The van der Waals surface area contributed by atoms with Crippen molar-refractivity contribution < 1.29 is 17.9 Å². The van der Waals surface area contributed by atoms with Gasteiger partial charge in [-0.3, -0.25) is 0 Å². The van der Waals surface area contributed by atoms with Gasteiger partial charge in [-0.2, -0.15) is 18.3 Å². The van der Waals surface area contributed by atoms with Crippen molar-refractivity contribution in [3.63, 3.8) is 0 Å². The Balaban J connectivity index is 1.62. The Hall–Kier alpha value is -2.96. The summed E-state index contributed by atoms with van der Waals surface area (Å²) in [4.78, 5) is 0. The maximum Gasteiger partial charge on any atom is 0.435 e. The van der Waals surface area contributed by atoms with Crippen LogP contribution < -0.4 is 4.74 Å². The molecule has 4 rings (SSSR count). The molecule has 31 heavy (non-hydrogen) atoms. The average Bonchev–Trinajstić information content (AvgIpc) is 3.17. The standard InChI is InChI=1S/C23H15Cl2F3N2O/c24-19-7-4-8-20(25)22(19)30-17(13-21(29-30)23(26,27)28)14-31-18-11-9-16(10-12-18)15-5-2-1-3-6-15/h1-13H,14H2. The summed E-state index contributed by atoms with van der Waals surface area (Å²) in [5.41, 5.74) is 1.32. The maximum absolute atomic E-state index is 13.3. The van der Waals surface area contributed by atoms with Crippen molar-refractivity contribution >= 4 is 23.2 Å². The SMILES string of the molecule is FC(F)(F)c1cc(COc2ccc(-c3ccccc3)cc2)n(-c2c(Cl)cccc2Cl)n1. The van der Waals surface area contributed by atoms with Gasteiger partial charge >= 0.3 is 6.18 Å². The molecular weight excluding hydrogens is 448 g/mol. The van der Waals surface area contributed by atoms with Crippen LogP contribution in [0.4, 0.5) is 13.2 Å². The fraction of sp³-hybridized carbons (Fsp3) is 0.0870. The molecule has 4 aromatic rings. The minimum atomic E-state index is -4.62. The Labute approximate surface area is 186 Å². The predicted molar refractivity (Wildman–Crippen MR) is 115 cm³/mol. The molecule has 0 fully saturated rings. The topological polar surface area (TPSA) is 27.1 Å². The van der Waals surface area contributed by atoms with E-state index in [0.29, 0.717) is 5.75 Å². The summed E-state index contributed by atoms with van der Waals surface area (Å²) < 4.78 is 46.7. The minimum absolute atomic E-state index is 0.157. The predicted octanol–water partition coefficient (Wildman–Crippen LogP) is 7.44. The van der Waals surface area contributed by atoms with E-state index in [2.05, 4.69) is 5.10 Å². The lowest BCUT2D eigenvalue weighted by atomic mass is 10.1. The Bertz CT molecular complexity index is 1170. The number of hydrogen-bond acceptors (Lipinski definition) is 2. The van der Waals surface area contributed by atoms with Crippen LogP contribution in [0.25, 0.3) is 16.8 Å². The Morgan fingerprint density at radius 1 is 0.806 bits per heavy atom. The van der Waals surface area contributed by atoms with E-state index in [9.17, 15) is 13.2 Å². The maximum atomic E-state index is 13.3. The van der Waals surface area contributed by atoms with Crippen LogP contribution in [0.15, 0.2) is 78.9 Å². The molecule has 0 N–H and O–H groups in total. The van der Waals surface area contributed by atoms with Crippen LogP contribution in [-0.2, 0) is 12.8 Å². The molecule has 0 amide bonds. The van der Waals surface area contributed by atoms with Gasteiger partial charge < -0.3 is 4.74 Å². The van der Waals surface area contributed by atoms with E-state index >= 15 is 0 Å². The summed E-state index contributed by atoms with van der Waals surface area (Å²) in [7, 11) is 0. The second-order valence-electron chi connectivity index (χ2n) is 6.68. The number of aromatic nitrogens is 2. The third-order valence-electron chi connectivity index (χ3n) is 4.57. The van der Waals surface area contributed by atoms with Gasteiger partial charge in [-0.05, 0) is 41.5 Å². The highest BCUT2D eigenvalue weighted by molar-refractivity contribution is 6.37. The molecule has 1 aromatic heterocycles. The first-order valence-corrected chi connectivity index (χ1v) is 9.97. The number of hydrogen-bond donors (Lipinski definition) is 0. The van der Waals surface area contributed by atoms with Gasteiger partial charge in [0.05, 0.1) is 15.7 Å². The minimum Gasteiger partial charge on any atom is -0.487 e. The van der Waals surface area contributed by atoms with Crippen molar-refractivity contribution in [3.8, 4) is 22.6 Å². The highest BCUT2D eigenvalue weighted by Crippen LogP contribution is 2.34. The van der Waals surface area contributed by atoms with E-state index in [1.54, 1.807) is 18.2 Å². The van der Waals surface area contributed by atoms with Crippen LogP contribution in [-0.4, -0.2) is 9.78 Å². The van der Waals surface area contributed by atoms with Crippen LogP contribution in [0.5, 0.6) is 5.75 Å². The molecule has 3 aromatic carbocycles. The monoisotopic (exact) mass is 462 g/mol. The van der Waals surface area contributed by atoms with Crippen LogP contribution >= 0.6 is 23.2 Å². The van der Waals surface area contributed by atoms with Gasteiger partial charge in [-0.25, -0.2) is 4.68 Å². The molecule has 0 unspecified atom stereocenters. The zero-order chi connectivity index (χ0) is 22.0. The number of ether oxygens (including phenoxy) is 1. The second kappa shape index (κ2) is 8.65.